The van der Waals surface area contributed by atoms with Gasteiger partial charge in [0.1, 0.15) is 5.88 Å². The first-order chi connectivity index (χ1) is 21.9. The fourth-order valence-corrected chi connectivity index (χ4v) is 6.68. The molecule has 0 spiro atoms. The van der Waals surface area contributed by atoms with E-state index in [9.17, 15) is 18.0 Å². The fourth-order valence-electron chi connectivity index (χ4n) is 4.67. The number of rotatable bonds is 13. The lowest BCUT2D eigenvalue weighted by atomic mass is 10.1. The summed E-state index contributed by atoms with van der Waals surface area (Å²) in [4.78, 5) is 35.9. The highest BCUT2D eigenvalue weighted by atomic mass is 32.2. The number of carbonyl (C=O) groups is 2. The van der Waals surface area contributed by atoms with Gasteiger partial charge < -0.3 is 19.6 Å². The van der Waals surface area contributed by atoms with Crippen LogP contribution >= 0.6 is 11.3 Å². The molecule has 1 amide bonds. The number of sulfone groups is 1. The van der Waals surface area contributed by atoms with Gasteiger partial charge in [-0.15, -0.1) is 11.3 Å². The van der Waals surface area contributed by atoms with Gasteiger partial charge in [0.05, 0.1) is 38.4 Å². The molecule has 3 aromatic carbocycles. The number of carbonyl (C=O) groups excluding carboxylic acids is 2. The van der Waals surface area contributed by atoms with E-state index < -0.39 is 9.84 Å². The van der Waals surface area contributed by atoms with Crippen LogP contribution in [0.1, 0.15) is 20.0 Å². The zero-order valence-corrected chi connectivity index (χ0v) is 25.5. The predicted molar refractivity (Wildman–Crippen MR) is 173 cm³/mol. The van der Waals surface area contributed by atoms with Crippen LogP contribution in [0, 0.1) is 0 Å². The molecule has 6 aromatic rings. The largest absolute Gasteiger partial charge is 0.443 e. The van der Waals surface area contributed by atoms with Crippen LogP contribution in [0.15, 0.2) is 113 Å². The molecular weight excluding hydrogens is 613 g/mol. The maximum Gasteiger partial charge on any atom is 0.268 e. The Balaban J connectivity index is 1.20. The van der Waals surface area contributed by atoms with Crippen molar-refractivity contribution in [2.75, 3.05) is 29.6 Å². The molecule has 0 bridgehead atoms. The Kier molecular flexibility index (Phi) is 8.82. The van der Waals surface area contributed by atoms with Crippen molar-refractivity contribution in [3.05, 3.63) is 114 Å². The SMILES string of the molecule is O=C(CNc1ccc2c(c1)nc(NC(=O)c1ccc(-c3cnco3)s1)n2CCNCS(=O)(=O)c1ccccc1)c1ccccc1. The number of imidazole rings is 1. The lowest BCUT2D eigenvalue weighted by Gasteiger charge is -2.11. The number of thiophene rings is 1. The average molecular weight is 641 g/mol. The van der Waals surface area contributed by atoms with Crippen molar-refractivity contribution in [1.82, 2.24) is 19.9 Å². The minimum Gasteiger partial charge on any atom is -0.443 e. The molecule has 0 saturated heterocycles. The van der Waals surface area contributed by atoms with Gasteiger partial charge in [0, 0.05) is 24.3 Å². The van der Waals surface area contributed by atoms with E-state index in [2.05, 4.69) is 20.9 Å². The summed E-state index contributed by atoms with van der Waals surface area (Å²) in [5, 5.41) is 9.06. The number of ketones is 1. The van der Waals surface area contributed by atoms with E-state index in [4.69, 9.17) is 9.40 Å². The molecule has 45 heavy (non-hydrogen) atoms. The van der Waals surface area contributed by atoms with Crippen LogP contribution in [0.5, 0.6) is 0 Å². The number of benzene rings is 3. The highest BCUT2D eigenvalue weighted by Gasteiger charge is 2.18. The maximum absolute atomic E-state index is 13.3. The molecule has 0 atom stereocenters. The number of fused-ring (bicyclic) bond motifs is 1. The monoisotopic (exact) mass is 640 g/mol. The van der Waals surface area contributed by atoms with E-state index >= 15 is 0 Å². The summed E-state index contributed by atoms with van der Waals surface area (Å²) in [7, 11) is -3.52. The quantitative estimate of drug-likeness (QED) is 0.113. The summed E-state index contributed by atoms with van der Waals surface area (Å²) in [5.74, 6) is 0.220. The van der Waals surface area contributed by atoms with Crippen LogP contribution in [-0.4, -0.2) is 53.6 Å². The molecule has 11 nitrogen and oxygen atoms in total. The molecule has 0 aliphatic carbocycles. The summed E-state index contributed by atoms with van der Waals surface area (Å²) in [6, 6.07) is 26.3. The van der Waals surface area contributed by atoms with E-state index in [-0.39, 0.29) is 29.0 Å². The third-order valence-corrected chi connectivity index (χ3v) is 9.61. The van der Waals surface area contributed by atoms with Crippen LogP contribution in [0.2, 0.25) is 0 Å². The molecule has 3 N–H and O–H groups in total. The Hall–Kier alpha value is -5.11. The number of amides is 1. The first kappa shape index (κ1) is 29.9. The Bertz CT molecular complexity index is 2040. The second-order valence-corrected chi connectivity index (χ2v) is 13.1. The van der Waals surface area contributed by atoms with Gasteiger partial charge in [-0.3, -0.25) is 14.9 Å². The van der Waals surface area contributed by atoms with Crippen molar-refractivity contribution < 1.29 is 22.4 Å². The molecule has 0 saturated carbocycles. The highest BCUT2D eigenvalue weighted by Crippen LogP contribution is 2.29. The van der Waals surface area contributed by atoms with Crippen molar-refractivity contribution >= 4 is 55.5 Å². The second-order valence-electron chi connectivity index (χ2n) is 9.99. The van der Waals surface area contributed by atoms with Gasteiger partial charge >= 0.3 is 0 Å². The molecule has 0 unspecified atom stereocenters. The Morgan fingerprint density at radius 2 is 1.71 bits per heavy atom. The number of aromatic nitrogens is 3. The maximum atomic E-state index is 13.3. The molecule has 0 radical (unpaired) electrons. The van der Waals surface area contributed by atoms with Crippen molar-refractivity contribution in [1.29, 1.82) is 0 Å². The molecule has 13 heteroatoms. The smallest absolute Gasteiger partial charge is 0.268 e. The van der Waals surface area contributed by atoms with E-state index in [0.29, 0.717) is 46.4 Å². The summed E-state index contributed by atoms with van der Waals surface area (Å²) >= 11 is 1.26. The first-order valence-corrected chi connectivity index (χ1v) is 16.5. The van der Waals surface area contributed by atoms with Crippen LogP contribution in [-0.2, 0) is 16.4 Å². The topological polar surface area (TPSA) is 148 Å². The Morgan fingerprint density at radius 1 is 0.933 bits per heavy atom. The van der Waals surface area contributed by atoms with Gasteiger partial charge in [-0.2, -0.15) is 0 Å². The fraction of sp³-hybridized carbons (Fsp3) is 0.125. The zero-order chi connectivity index (χ0) is 31.2. The molecule has 0 aliphatic heterocycles. The molecule has 3 heterocycles. The second kappa shape index (κ2) is 13.3. The van der Waals surface area contributed by atoms with Gasteiger partial charge in [-0.05, 0) is 42.5 Å². The van der Waals surface area contributed by atoms with E-state index in [1.807, 2.05) is 34.9 Å². The van der Waals surface area contributed by atoms with Crippen molar-refractivity contribution in [2.45, 2.75) is 11.4 Å². The number of nitrogens with zero attached hydrogens (tertiary/aromatic N) is 3. The van der Waals surface area contributed by atoms with Gasteiger partial charge in [-0.1, -0.05) is 48.5 Å². The van der Waals surface area contributed by atoms with Gasteiger partial charge in [0.2, 0.25) is 5.95 Å². The third-order valence-electron chi connectivity index (χ3n) is 6.93. The molecule has 6 rings (SSSR count). The number of anilines is 2. The summed E-state index contributed by atoms with van der Waals surface area (Å²) in [6.45, 7) is 0.718. The third kappa shape index (κ3) is 7.01. The van der Waals surface area contributed by atoms with Crippen molar-refractivity contribution in [3.8, 4) is 10.6 Å². The average Bonchev–Trinajstić information content (AvgIpc) is 3.83. The van der Waals surface area contributed by atoms with Crippen LogP contribution < -0.4 is 16.0 Å². The van der Waals surface area contributed by atoms with Crippen molar-refractivity contribution in [2.24, 2.45) is 0 Å². The lowest BCUT2D eigenvalue weighted by Crippen LogP contribution is -2.27. The van der Waals surface area contributed by atoms with Crippen LogP contribution in [0.25, 0.3) is 21.7 Å². The molecule has 3 aromatic heterocycles. The number of nitrogens with one attached hydrogen (secondary N) is 3. The number of Topliss-reactive ketones (excluding diaryl/α,β-unsaturated/α-hetero) is 1. The molecule has 228 valence electrons. The van der Waals surface area contributed by atoms with Gasteiger partial charge in [0.25, 0.3) is 5.91 Å². The summed E-state index contributed by atoms with van der Waals surface area (Å²) in [6.07, 6.45) is 2.91. The molecular formula is C32H28N6O5S2. The van der Waals surface area contributed by atoms with E-state index in [1.54, 1.807) is 66.9 Å². The summed E-state index contributed by atoms with van der Waals surface area (Å²) < 4.78 is 32.6. The van der Waals surface area contributed by atoms with Crippen molar-refractivity contribution in [3.63, 3.8) is 0 Å². The number of hydrogen-bond donors (Lipinski definition) is 3. The zero-order valence-electron chi connectivity index (χ0n) is 23.8. The molecule has 0 fully saturated rings. The van der Waals surface area contributed by atoms with Crippen LogP contribution in [0.3, 0.4) is 0 Å². The van der Waals surface area contributed by atoms with E-state index in [1.165, 1.54) is 17.7 Å². The van der Waals surface area contributed by atoms with Gasteiger partial charge in [0.15, 0.2) is 27.8 Å². The van der Waals surface area contributed by atoms with Crippen LogP contribution in [0.4, 0.5) is 11.6 Å². The minimum atomic E-state index is -3.52. The summed E-state index contributed by atoms with van der Waals surface area (Å²) in [5.41, 5.74) is 2.62. The Labute approximate surface area is 262 Å². The van der Waals surface area contributed by atoms with E-state index in [0.717, 1.165) is 10.4 Å². The van der Waals surface area contributed by atoms with Gasteiger partial charge in [-0.25, -0.2) is 18.4 Å². The number of hydrogen-bond acceptors (Lipinski definition) is 10. The predicted octanol–water partition coefficient (Wildman–Crippen LogP) is 5.32. The highest BCUT2D eigenvalue weighted by molar-refractivity contribution is 7.91. The number of oxazole rings is 1. The Morgan fingerprint density at radius 3 is 2.47 bits per heavy atom. The molecule has 0 aliphatic rings. The minimum absolute atomic E-state index is 0.0497. The first-order valence-electron chi connectivity index (χ1n) is 14.0. The lowest BCUT2D eigenvalue weighted by molar-refractivity contribution is 0.100. The normalized spacial score (nSPS) is 11.5. The standard InChI is InChI=1S/C32H28N6O5S2/c39-27(22-7-3-1-4-8-22)18-35-23-11-12-26-25(17-23)36-32(37-31(40)30-14-13-29(44-30)28-19-34-20-43-28)38(26)16-15-33-21-45(41,42)24-9-5-2-6-10-24/h1-14,17,19-20,33,35H,15-16,18,21H2,(H,36,37,40).